The molecular formula is C13H21ClF2N4O. The molecule has 1 N–H and O–H groups in total. The van der Waals surface area contributed by atoms with Crippen molar-refractivity contribution in [2.45, 2.75) is 39.3 Å². The molecule has 1 unspecified atom stereocenters. The van der Waals surface area contributed by atoms with E-state index in [1.165, 1.54) is 0 Å². The second-order valence-electron chi connectivity index (χ2n) is 5.20. The largest absolute Gasteiger partial charge is 0.341 e. The van der Waals surface area contributed by atoms with Crippen LogP contribution < -0.4 is 5.32 Å². The number of hydrogen-bond donors (Lipinski definition) is 1. The Morgan fingerprint density at radius 2 is 2.19 bits per heavy atom. The molecule has 1 amide bonds. The lowest BCUT2D eigenvalue weighted by Crippen LogP contribution is -2.39. The maximum absolute atomic E-state index is 12.8. The van der Waals surface area contributed by atoms with Crippen LogP contribution in [0.4, 0.5) is 8.78 Å². The van der Waals surface area contributed by atoms with E-state index in [-0.39, 0.29) is 30.8 Å². The highest BCUT2D eigenvalue weighted by atomic mass is 35.5. The highest BCUT2D eigenvalue weighted by Crippen LogP contribution is 2.20. The van der Waals surface area contributed by atoms with Crippen molar-refractivity contribution in [3.63, 3.8) is 0 Å². The Hall–Kier alpha value is -1.21. The number of nitrogens with one attached hydrogen (secondary N) is 1. The summed E-state index contributed by atoms with van der Waals surface area (Å²) in [6.07, 6.45) is 1.05. The second-order valence-corrected chi connectivity index (χ2v) is 5.20. The quantitative estimate of drug-likeness (QED) is 0.917. The molecule has 21 heavy (non-hydrogen) atoms. The van der Waals surface area contributed by atoms with Gasteiger partial charge in [0.25, 0.3) is 0 Å². The standard InChI is InChI=1S/C13H20F2N4O.ClH/c1-8-11(9(2)19(17-8)13(14)15)6-12(20)18(3)10-4-5-16-7-10;/h10,13,16H,4-7H2,1-3H3;1H. The minimum atomic E-state index is -2.67. The summed E-state index contributed by atoms with van der Waals surface area (Å²) < 4.78 is 26.2. The zero-order chi connectivity index (χ0) is 14.9. The van der Waals surface area contributed by atoms with E-state index in [0.717, 1.165) is 19.5 Å². The number of aromatic nitrogens is 2. The van der Waals surface area contributed by atoms with E-state index < -0.39 is 6.55 Å². The molecule has 0 spiro atoms. The first-order valence-electron chi connectivity index (χ1n) is 6.71. The predicted octanol–water partition coefficient (Wildman–Crippen LogP) is 1.68. The molecule has 0 aliphatic carbocycles. The molecule has 0 saturated carbocycles. The molecule has 1 saturated heterocycles. The minimum absolute atomic E-state index is 0. The lowest BCUT2D eigenvalue weighted by Gasteiger charge is -2.23. The maximum atomic E-state index is 12.8. The van der Waals surface area contributed by atoms with Gasteiger partial charge in [0, 0.05) is 30.9 Å². The van der Waals surface area contributed by atoms with E-state index in [2.05, 4.69) is 10.4 Å². The first kappa shape index (κ1) is 17.8. The van der Waals surface area contributed by atoms with Crippen molar-refractivity contribution in [2.75, 3.05) is 20.1 Å². The molecule has 2 rings (SSSR count). The maximum Gasteiger partial charge on any atom is 0.333 e. The fourth-order valence-corrected chi connectivity index (χ4v) is 2.59. The Kier molecular flexibility index (Phi) is 6.10. The van der Waals surface area contributed by atoms with Crippen LogP contribution >= 0.6 is 12.4 Å². The number of amides is 1. The van der Waals surface area contributed by atoms with Gasteiger partial charge in [0.2, 0.25) is 5.91 Å². The smallest absolute Gasteiger partial charge is 0.333 e. The summed E-state index contributed by atoms with van der Waals surface area (Å²) in [5, 5.41) is 7.01. The average Bonchev–Trinajstić information content (AvgIpc) is 3.01. The van der Waals surface area contributed by atoms with Crippen LogP contribution in [-0.4, -0.2) is 46.8 Å². The predicted molar refractivity (Wildman–Crippen MR) is 78.0 cm³/mol. The molecule has 5 nitrogen and oxygen atoms in total. The summed E-state index contributed by atoms with van der Waals surface area (Å²) in [4.78, 5) is 14.0. The summed E-state index contributed by atoms with van der Waals surface area (Å²) in [6.45, 7) is 2.26. The molecule has 1 aromatic heterocycles. The third-order valence-corrected chi connectivity index (χ3v) is 3.96. The summed E-state index contributed by atoms with van der Waals surface area (Å²) in [5.74, 6) is -0.0567. The monoisotopic (exact) mass is 322 g/mol. The van der Waals surface area contributed by atoms with Gasteiger partial charge in [-0.1, -0.05) is 0 Å². The van der Waals surface area contributed by atoms with Gasteiger partial charge in [-0.2, -0.15) is 13.9 Å². The van der Waals surface area contributed by atoms with Crippen LogP contribution in [-0.2, 0) is 11.2 Å². The Balaban J connectivity index is 0.00000220. The van der Waals surface area contributed by atoms with Crippen molar-refractivity contribution in [2.24, 2.45) is 0 Å². The van der Waals surface area contributed by atoms with Crippen LogP contribution in [0.1, 0.15) is 29.9 Å². The Morgan fingerprint density at radius 3 is 2.67 bits per heavy atom. The topological polar surface area (TPSA) is 50.2 Å². The Labute approximate surface area is 129 Å². The Morgan fingerprint density at radius 1 is 1.52 bits per heavy atom. The molecule has 0 radical (unpaired) electrons. The molecule has 0 bridgehead atoms. The van der Waals surface area contributed by atoms with Crippen molar-refractivity contribution in [3.8, 4) is 0 Å². The van der Waals surface area contributed by atoms with Crippen molar-refractivity contribution in [3.05, 3.63) is 17.0 Å². The first-order chi connectivity index (χ1) is 9.41. The van der Waals surface area contributed by atoms with Gasteiger partial charge in [-0.3, -0.25) is 4.79 Å². The van der Waals surface area contributed by atoms with Gasteiger partial charge in [0.15, 0.2) is 0 Å². The van der Waals surface area contributed by atoms with Gasteiger partial charge in [-0.15, -0.1) is 12.4 Å². The SMILES string of the molecule is Cc1nn(C(F)F)c(C)c1CC(=O)N(C)C1CCNC1.Cl. The van der Waals surface area contributed by atoms with Crippen LogP contribution in [0.15, 0.2) is 0 Å². The zero-order valence-corrected chi connectivity index (χ0v) is 13.2. The van der Waals surface area contributed by atoms with Crippen molar-refractivity contribution in [1.82, 2.24) is 20.0 Å². The van der Waals surface area contributed by atoms with Crippen LogP contribution in [0, 0.1) is 13.8 Å². The molecule has 8 heteroatoms. The summed E-state index contributed by atoms with van der Waals surface area (Å²) >= 11 is 0. The number of halogens is 3. The van der Waals surface area contributed by atoms with E-state index in [0.29, 0.717) is 21.6 Å². The van der Waals surface area contributed by atoms with Gasteiger partial charge < -0.3 is 10.2 Å². The number of nitrogens with zero attached hydrogens (tertiary/aromatic N) is 3. The average molecular weight is 323 g/mol. The number of carbonyl (C=O) groups excluding carboxylic acids is 1. The lowest BCUT2D eigenvalue weighted by molar-refractivity contribution is -0.130. The second kappa shape index (κ2) is 7.17. The van der Waals surface area contributed by atoms with Crippen molar-refractivity contribution in [1.29, 1.82) is 0 Å². The number of hydrogen-bond acceptors (Lipinski definition) is 3. The van der Waals surface area contributed by atoms with Gasteiger partial charge >= 0.3 is 6.55 Å². The molecule has 1 aliphatic rings. The van der Waals surface area contributed by atoms with Crippen molar-refractivity contribution < 1.29 is 13.6 Å². The van der Waals surface area contributed by atoms with Crippen LogP contribution in [0.25, 0.3) is 0 Å². The third-order valence-electron chi connectivity index (χ3n) is 3.96. The molecule has 0 aromatic carbocycles. The first-order valence-corrected chi connectivity index (χ1v) is 6.71. The van der Waals surface area contributed by atoms with E-state index in [1.807, 2.05) is 0 Å². The number of carbonyl (C=O) groups is 1. The number of alkyl halides is 2. The molecule has 1 atom stereocenters. The Bertz CT molecular complexity index is 501. The number of likely N-dealkylation sites (N-methyl/N-ethyl adjacent to an activating group) is 1. The van der Waals surface area contributed by atoms with Gasteiger partial charge in [0.05, 0.1) is 12.1 Å². The minimum Gasteiger partial charge on any atom is -0.341 e. The van der Waals surface area contributed by atoms with E-state index in [1.54, 1.807) is 25.8 Å². The zero-order valence-electron chi connectivity index (χ0n) is 12.4. The fourth-order valence-electron chi connectivity index (χ4n) is 2.59. The summed E-state index contributed by atoms with van der Waals surface area (Å²) in [7, 11) is 1.77. The highest BCUT2D eigenvalue weighted by Gasteiger charge is 2.25. The van der Waals surface area contributed by atoms with Gasteiger partial charge in [-0.25, -0.2) is 4.68 Å². The number of aryl methyl sites for hydroxylation is 1. The molecule has 1 fully saturated rings. The molecular weight excluding hydrogens is 302 g/mol. The van der Waals surface area contributed by atoms with Gasteiger partial charge in [-0.05, 0) is 26.8 Å². The molecule has 120 valence electrons. The number of rotatable bonds is 4. The van der Waals surface area contributed by atoms with Crippen molar-refractivity contribution >= 4 is 18.3 Å². The molecule has 1 aliphatic heterocycles. The van der Waals surface area contributed by atoms with E-state index in [9.17, 15) is 13.6 Å². The van der Waals surface area contributed by atoms with Crippen LogP contribution in [0.2, 0.25) is 0 Å². The van der Waals surface area contributed by atoms with Gasteiger partial charge in [0.1, 0.15) is 0 Å². The van der Waals surface area contributed by atoms with Crippen LogP contribution in [0.5, 0.6) is 0 Å². The van der Waals surface area contributed by atoms with E-state index in [4.69, 9.17) is 0 Å². The fraction of sp³-hybridized carbons (Fsp3) is 0.692. The third kappa shape index (κ3) is 3.71. The summed E-state index contributed by atoms with van der Waals surface area (Å²) in [6, 6.07) is 0.188. The summed E-state index contributed by atoms with van der Waals surface area (Å²) in [5.41, 5.74) is 1.46. The molecule has 1 aromatic rings. The highest BCUT2D eigenvalue weighted by molar-refractivity contribution is 5.85. The molecule has 2 heterocycles. The normalized spacial score (nSPS) is 17.9. The van der Waals surface area contributed by atoms with E-state index >= 15 is 0 Å². The lowest BCUT2D eigenvalue weighted by atomic mass is 10.1. The van der Waals surface area contributed by atoms with Crippen LogP contribution in [0.3, 0.4) is 0 Å².